The number of nitrogens with one attached hydrogen (secondary N) is 1. The minimum Gasteiger partial charge on any atom is -0.355 e. The molecule has 4 heteroatoms. The molecule has 120 valence electrons. The third-order valence-electron chi connectivity index (χ3n) is 4.90. The molecule has 0 fully saturated rings. The van der Waals surface area contributed by atoms with Gasteiger partial charge in [0, 0.05) is 24.0 Å². The van der Waals surface area contributed by atoms with Crippen LogP contribution >= 0.6 is 11.3 Å². The van der Waals surface area contributed by atoms with Gasteiger partial charge in [0.05, 0.1) is 6.54 Å². The van der Waals surface area contributed by atoms with E-state index in [2.05, 4.69) is 34.7 Å². The average molecular weight is 318 g/mol. The van der Waals surface area contributed by atoms with Crippen molar-refractivity contribution in [1.29, 1.82) is 0 Å². The highest BCUT2D eigenvalue weighted by Gasteiger charge is 2.25. The zero-order valence-electron chi connectivity index (χ0n) is 13.4. The Morgan fingerprint density at radius 2 is 2.32 bits per heavy atom. The first-order chi connectivity index (χ1) is 10.7. The lowest BCUT2D eigenvalue weighted by Gasteiger charge is -2.32. The van der Waals surface area contributed by atoms with Crippen LogP contribution in [0.2, 0.25) is 0 Å². The maximum Gasteiger partial charge on any atom is 0.234 e. The summed E-state index contributed by atoms with van der Waals surface area (Å²) < 4.78 is 0. The molecule has 1 N–H and O–H groups in total. The molecule has 0 bridgehead atoms. The Morgan fingerprint density at radius 1 is 1.41 bits per heavy atom. The monoisotopic (exact) mass is 318 g/mol. The molecular formula is C18H26N2OS. The van der Waals surface area contributed by atoms with Gasteiger partial charge < -0.3 is 5.32 Å². The molecule has 3 rings (SSSR count). The highest BCUT2D eigenvalue weighted by molar-refractivity contribution is 7.10. The minimum atomic E-state index is 0.168. The highest BCUT2D eigenvalue weighted by Crippen LogP contribution is 2.32. The van der Waals surface area contributed by atoms with Crippen molar-refractivity contribution in [3.8, 4) is 0 Å². The van der Waals surface area contributed by atoms with E-state index in [0.29, 0.717) is 12.6 Å². The van der Waals surface area contributed by atoms with Crippen LogP contribution in [-0.2, 0) is 11.2 Å². The Balaban J connectivity index is 1.43. The SMILES string of the molecule is CC1c2ccsc2CCN1CC(=O)NCCC1=CCCCC1. The smallest absolute Gasteiger partial charge is 0.234 e. The van der Waals surface area contributed by atoms with Crippen molar-refractivity contribution in [3.63, 3.8) is 0 Å². The summed E-state index contributed by atoms with van der Waals surface area (Å²) in [5, 5.41) is 5.27. The van der Waals surface area contributed by atoms with Crippen LogP contribution in [0, 0.1) is 0 Å². The Hall–Kier alpha value is -1.13. The normalized spacial score (nSPS) is 22.0. The van der Waals surface area contributed by atoms with Gasteiger partial charge in [-0.25, -0.2) is 0 Å². The Labute approximate surface area is 137 Å². The van der Waals surface area contributed by atoms with E-state index in [1.807, 2.05) is 11.3 Å². The number of fused-ring (bicyclic) bond motifs is 1. The Bertz CT molecular complexity index is 549. The number of hydrogen-bond donors (Lipinski definition) is 1. The van der Waals surface area contributed by atoms with Crippen LogP contribution in [0.5, 0.6) is 0 Å². The van der Waals surface area contributed by atoms with Crippen molar-refractivity contribution < 1.29 is 4.79 Å². The predicted octanol–water partition coefficient (Wildman–Crippen LogP) is 3.67. The molecule has 1 aliphatic heterocycles. The topological polar surface area (TPSA) is 32.3 Å². The van der Waals surface area contributed by atoms with Crippen LogP contribution < -0.4 is 5.32 Å². The summed E-state index contributed by atoms with van der Waals surface area (Å²) in [7, 11) is 0. The third kappa shape index (κ3) is 3.79. The molecule has 0 spiro atoms. The fourth-order valence-electron chi connectivity index (χ4n) is 3.51. The average Bonchev–Trinajstić information content (AvgIpc) is 3.01. The van der Waals surface area contributed by atoms with Crippen molar-refractivity contribution >= 4 is 17.2 Å². The molecule has 2 heterocycles. The first-order valence-electron chi connectivity index (χ1n) is 8.49. The molecular weight excluding hydrogens is 292 g/mol. The third-order valence-corrected chi connectivity index (χ3v) is 5.90. The molecule has 1 unspecified atom stereocenters. The maximum absolute atomic E-state index is 12.2. The number of carbonyl (C=O) groups is 1. The van der Waals surface area contributed by atoms with Crippen LogP contribution in [0.4, 0.5) is 0 Å². The summed E-state index contributed by atoms with van der Waals surface area (Å²) in [4.78, 5) is 16.0. The van der Waals surface area contributed by atoms with Crippen molar-refractivity contribution in [1.82, 2.24) is 10.2 Å². The van der Waals surface area contributed by atoms with Crippen molar-refractivity contribution in [3.05, 3.63) is 33.5 Å². The largest absolute Gasteiger partial charge is 0.355 e. The molecule has 0 aromatic carbocycles. The van der Waals surface area contributed by atoms with Crippen molar-refractivity contribution in [2.45, 2.75) is 51.5 Å². The van der Waals surface area contributed by atoms with Gasteiger partial charge in [-0.1, -0.05) is 11.6 Å². The first-order valence-corrected chi connectivity index (χ1v) is 9.37. The van der Waals surface area contributed by atoms with Crippen LogP contribution in [-0.4, -0.2) is 30.4 Å². The number of thiophene rings is 1. The molecule has 0 radical (unpaired) electrons. The van der Waals surface area contributed by atoms with Gasteiger partial charge in [0.2, 0.25) is 5.91 Å². The quantitative estimate of drug-likeness (QED) is 0.840. The fraction of sp³-hybridized carbons (Fsp3) is 0.611. The van der Waals surface area contributed by atoms with E-state index in [4.69, 9.17) is 0 Å². The van der Waals surface area contributed by atoms with Gasteiger partial charge in [0.15, 0.2) is 0 Å². The fourth-order valence-corrected chi connectivity index (χ4v) is 4.47. The number of nitrogens with zero attached hydrogens (tertiary/aromatic N) is 1. The van der Waals surface area contributed by atoms with E-state index in [-0.39, 0.29) is 5.91 Å². The zero-order valence-corrected chi connectivity index (χ0v) is 14.3. The number of carbonyl (C=O) groups excluding carboxylic acids is 1. The molecule has 22 heavy (non-hydrogen) atoms. The second kappa shape index (κ2) is 7.42. The predicted molar refractivity (Wildman–Crippen MR) is 92.2 cm³/mol. The zero-order chi connectivity index (χ0) is 15.4. The van der Waals surface area contributed by atoms with E-state index in [1.54, 1.807) is 0 Å². The van der Waals surface area contributed by atoms with E-state index in [0.717, 1.165) is 25.9 Å². The highest BCUT2D eigenvalue weighted by atomic mass is 32.1. The lowest BCUT2D eigenvalue weighted by Crippen LogP contribution is -2.41. The molecule has 2 aliphatic rings. The molecule has 3 nitrogen and oxygen atoms in total. The van der Waals surface area contributed by atoms with Gasteiger partial charge in [-0.2, -0.15) is 0 Å². The summed E-state index contributed by atoms with van der Waals surface area (Å²) in [6.45, 7) is 4.52. The summed E-state index contributed by atoms with van der Waals surface area (Å²) in [5.74, 6) is 0.168. The Kier molecular flexibility index (Phi) is 5.32. The lowest BCUT2D eigenvalue weighted by atomic mass is 9.97. The lowest BCUT2D eigenvalue weighted by molar-refractivity contribution is -0.122. The van der Waals surface area contributed by atoms with Crippen LogP contribution in [0.25, 0.3) is 0 Å². The maximum atomic E-state index is 12.2. The summed E-state index contributed by atoms with van der Waals surface area (Å²) >= 11 is 1.85. The summed E-state index contributed by atoms with van der Waals surface area (Å²) in [5.41, 5.74) is 2.94. The molecule has 1 atom stereocenters. The summed E-state index contributed by atoms with van der Waals surface area (Å²) in [6, 6.07) is 2.58. The number of allylic oxidation sites excluding steroid dienone is 1. The van der Waals surface area contributed by atoms with Gasteiger partial charge in [-0.3, -0.25) is 9.69 Å². The first kappa shape index (κ1) is 15.8. The second-order valence-corrected chi connectivity index (χ2v) is 7.40. The van der Waals surface area contributed by atoms with Gasteiger partial charge in [0.1, 0.15) is 0 Å². The molecule has 1 amide bonds. The number of amides is 1. The molecule has 1 aliphatic carbocycles. The second-order valence-electron chi connectivity index (χ2n) is 6.40. The minimum absolute atomic E-state index is 0.168. The summed E-state index contributed by atoms with van der Waals surface area (Å²) in [6.07, 6.45) is 9.55. The van der Waals surface area contributed by atoms with E-state index < -0.39 is 0 Å². The Morgan fingerprint density at radius 3 is 3.14 bits per heavy atom. The van der Waals surface area contributed by atoms with Gasteiger partial charge in [0.25, 0.3) is 0 Å². The van der Waals surface area contributed by atoms with Gasteiger partial charge >= 0.3 is 0 Å². The van der Waals surface area contributed by atoms with Crippen LogP contribution in [0.3, 0.4) is 0 Å². The van der Waals surface area contributed by atoms with Crippen molar-refractivity contribution in [2.24, 2.45) is 0 Å². The van der Waals surface area contributed by atoms with E-state index >= 15 is 0 Å². The number of rotatable bonds is 5. The standard InChI is InChI=1S/C18H26N2OS/c1-14-16-9-12-22-17(16)8-11-20(14)13-18(21)19-10-7-15-5-3-2-4-6-15/h5,9,12,14H,2-4,6-8,10-11,13H2,1H3,(H,19,21). The molecule has 0 saturated carbocycles. The van der Waals surface area contributed by atoms with E-state index in [9.17, 15) is 4.79 Å². The van der Waals surface area contributed by atoms with Crippen LogP contribution in [0.15, 0.2) is 23.1 Å². The van der Waals surface area contributed by atoms with Crippen LogP contribution in [0.1, 0.15) is 55.5 Å². The molecule has 1 aromatic rings. The van der Waals surface area contributed by atoms with Gasteiger partial charge in [-0.05, 0) is 62.5 Å². The van der Waals surface area contributed by atoms with Crippen molar-refractivity contribution in [2.75, 3.05) is 19.6 Å². The molecule has 0 saturated heterocycles. The van der Waals surface area contributed by atoms with Gasteiger partial charge in [-0.15, -0.1) is 11.3 Å². The number of hydrogen-bond acceptors (Lipinski definition) is 3. The molecule has 1 aromatic heterocycles. The van der Waals surface area contributed by atoms with E-state index in [1.165, 1.54) is 41.7 Å².